The Morgan fingerprint density at radius 1 is 1.17 bits per heavy atom. The van der Waals surface area contributed by atoms with Crippen LogP contribution in [0.2, 0.25) is 0 Å². The number of ether oxygens (including phenoxy) is 1. The molecule has 24 heavy (non-hydrogen) atoms. The molecule has 0 radical (unpaired) electrons. The van der Waals surface area contributed by atoms with E-state index in [1.807, 2.05) is 6.07 Å². The summed E-state index contributed by atoms with van der Waals surface area (Å²) in [6.07, 6.45) is 4.21. The van der Waals surface area contributed by atoms with Crippen molar-refractivity contribution in [2.24, 2.45) is 0 Å². The quantitative estimate of drug-likeness (QED) is 0.800. The lowest BCUT2D eigenvalue weighted by atomic mass is 9.99. The van der Waals surface area contributed by atoms with Crippen LogP contribution in [0.3, 0.4) is 0 Å². The maximum absolute atomic E-state index is 12.4. The molecule has 2 aromatic heterocycles. The van der Waals surface area contributed by atoms with Crippen molar-refractivity contribution >= 4 is 11.7 Å². The molecule has 7 heteroatoms. The van der Waals surface area contributed by atoms with Gasteiger partial charge in [-0.15, -0.1) is 0 Å². The van der Waals surface area contributed by atoms with E-state index in [0.29, 0.717) is 23.9 Å². The highest BCUT2D eigenvalue weighted by Crippen LogP contribution is 2.38. The molecule has 1 amide bonds. The van der Waals surface area contributed by atoms with Gasteiger partial charge < -0.3 is 15.0 Å². The average molecular weight is 328 g/mol. The number of nitrogens with one attached hydrogen (secondary N) is 3. The molecule has 2 aliphatic rings. The predicted octanol–water partition coefficient (Wildman–Crippen LogP) is 2.12. The topological polar surface area (TPSA) is 99.9 Å². The first-order valence-corrected chi connectivity index (χ1v) is 8.38. The van der Waals surface area contributed by atoms with Crippen LogP contribution in [0, 0.1) is 0 Å². The van der Waals surface area contributed by atoms with Gasteiger partial charge in [-0.3, -0.25) is 14.7 Å². The van der Waals surface area contributed by atoms with Crippen molar-refractivity contribution in [1.82, 2.24) is 15.2 Å². The van der Waals surface area contributed by atoms with Crippen LogP contribution in [0.4, 0.5) is 5.82 Å². The minimum atomic E-state index is -0.319. The smallest absolute Gasteiger partial charge is 0.257 e. The Bertz CT molecular complexity index is 800. The van der Waals surface area contributed by atoms with Crippen LogP contribution in [0.25, 0.3) is 0 Å². The fourth-order valence-corrected chi connectivity index (χ4v) is 3.09. The number of anilines is 1. The van der Waals surface area contributed by atoms with Crippen molar-refractivity contribution in [2.75, 3.05) is 18.5 Å². The lowest BCUT2D eigenvalue weighted by Crippen LogP contribution is -2.17. The largest absolute Gasteiger partial charge is 0.381 e. The Morgan fingerprint density at radius 2 is 2.04 bits per heavy atom. The zero-order valence-corrected chi connectivity index (χ0v) is 13.3. The van der Waals surface area contributed by atoms with E-state index in [1.165, 1.54) is 6.07 Å². The summed E-state index contributed by atoms with van der Waals surface area (Å²) in [6.45, 7) is 1.48. The van der Waals surface area contributed by atoms with Gasteiger partial charge in [0.15, 0.2) is 5.82 Å². The number of nitrogens with zero attached hydrogens (tertiary/aromatic N) is 1. The Balaban J connectivity index is 1.48. The van der Waals surface area contributed by atoms with Gasteiger partial charge in [-0.25, -0.2) is 0 Å². The first kappa shape index (κ1) is 15.1. The van der Waals surface area contributed by atoms with Crippen molar-refractivity contribution in [3.05, 3.63) is 45.5 Å². The average Bonchev–Trinajstić information content (AvgIpc) is 3.35. The number of hydrogen-bond acceptors (Lipinski definition) is 4. The number of rotatable bonds is 4. The van der Waals surface area contributed by atoms with E-state index in [-0.39, 0.29) is 17.4 Å². The Labute approximate surface area is 138 Å². The van der Waals surface area contributed by atoms with Gasteiger partial charge in [-0.1, -0.05) is 0 Å². The molecule has 0 bridgehead atoms. The number of aromatic nitrogens is 3. The lowest BCUT2D eigenvalue weighted by Gasteiger charge is -2.20. The molecule has 0 aromatic carbocycles. The fourth-order valence-electron chi connectivity index (χ4n) is 3.09. The zero-order chi connectivity index (χ0) is 16.5. The van der Waals surface area contributed by atoms with Gasteiger partial charge in [-0.2, -0.15) is 5.10 Å². The number of carbonyl (C=O) groups is 1. The molecule has 1 unspecified atom stereocenters. The molecule has 0 spiro atoms. The summed E-state index contributed by atoms with van der Waals surface area (Å²) in [7, 11) is 0. The molecular weight excluding hydrogens is 308 g/mol. The number of carbonyl (C=O) groups excluding carboxylic acids is 1. The van der Waals surface area contributed by atoms with Crippen molar-refractivity contribution in [3.63, 3.8) is 0 Å². The zero-order valence-electron chi connectivity index (χ0n) is 13.3. The highest BCUT2D eigenvalue weighted by atomic mass is 16.5. The van der Waals surface area contributed by atoms with Gasteiger partial charge >= 0.3 is 0 Å². The maximum Gasteiger partial charge on any atom is 0.257 e. The van der Waals surface area contributed by atoms with Crippen molar-refractivity contribution < 1.29 is 9.53 Å². The van der Waals surface area contributed by atoms with Gasteiger partial charge in [0.1, 0.15) is 0 Å². The first-order chi connectivity index (χ1) is 11.7. The molecule has 126 valence electrons. The van der Waals surface area contributed by atoms with E-state index in [4.69, 9.17) is 4.74 Å². The summed E-state index contributed by atoms with van der Waals surface area (Å²) in [4.78, 5) is 26.9. The summed E-state index contributed by atoms with van der Waals surface area (Å²) in [5.74, 6) is 0.821. The summed E-state index contributed by atoms with van der Waals surface area (Å²) in [5, 5.41) is 9.88. The van der Waals surface area contributed by atoms with Crippen LogP contribution < -0.4 is 10.9 Å². The lowest BCUT2D eigenvalue weighted by molar-refractivity contribution is 0.0793. The van der Waals surface area contributed by atoms with E-state index in [9.17, 15) is 9.59 Å². The summed E-state index contributed by atoms with van der Waals surface area (Å²) in [6, 6.07) is 4.92. The Morgan fingerprint density at radius 3 is 2.79 bits per heavy atom. The molecule has 1 atom stereocenters. The van der Waals surface area contributed by atoms with Gasteiger partial charge in [0.2, 0.25) is 5.56 Å². The van der Waals surface area contributed by atoms with Gasteiger partial charge in [0.25, 0.3) is 5.91 Å². The van der Waals surface area contributed by atoms with Gasteiger partial charge in [0, 0.05) is 41.6 Å². The molecular formula is C17H20N4O3. The second-order valence-electron chi connectivity index (χ2n) is 6.54. The third-order valence-electron chi connectivity index (χ3n) is 4.58. The first-order valence-electron chi connectivity index (χ1n) is 8.38. The highest BCUT2D eigenvalue weighted by Gasteiger charge is 2.25. The predicted molar refractivity (Wildman–Crippen MR) is 88.4 cm³/mol. The minimum absolute atomic E-state index is 0.244. The maximum atomic E-state index is 12.4. The molecule has 1 aliphatic heterocycles. The number of aromatic amines is 2. The Hall–Kier alpha value is -2.41. The van der Waals surface area contributed by atoms with Crippen LogP contribution in [0.5, 0.6) is 0 Å². The Kier molecular flexibility index (Phi) is 3.93. The third kappa shape index (κ3) is 3.26. The molecule has 3 heterocycles. The number of H-pyrrole nitrogens is 2. The molecule has 2 aromatic rings. The molecule has 2 fully saturated rings. The summed E-state index contributed by atoms with van der Waals surface area (Å²) < 4.78 is 5.48. The number of amides is 1. The molecule has 1 saturated carbocycles. The van der Waals surface area contributed by atoms with Gasteiger partial charge in [0.05, 0.1) is 6.61 Å². The molecule has 4 rings (SSSR count). The molecule has 1 saturated heterocycles. The van der Waals surface area contributed by atoms with E-state index in [2.05, 4.69) is 20.5 Å². The summed E-state index contributed by atoms with van der Waals surface area (Å²) >= 11 is 0. The standard InChI is InChI=1S/C17H20N4O3/c22-16-7-12(6-13(18-16)10-3-4-10)17(23)19-15-8-14(20-21-15)11-2-1-5-24-9-11/h6-8,10-11H,1-5,9H2,(H,18,22)(H2,19,20,21,23). The molecule has 7 nitrogen and oxygen atoms in total. The third-order valence-corrected chi connectivity index (χ3v) is 4.58. The number of pyridine rings is 1. The second kappa shape index (κ2) is 6.24. The van der Waals surface area contributed by atoms with E-state index < -0.39 is 0 Å². The summed E-state index contributed by atoms with van der Waals surface area (Å²) in [5.41, 5.74) is 1.93. The van der Waals surface area contributed by atoms with E-state index in [1.54, 1.807) is 6.07 Å². The van der Waals surface area contributed by atoms with Crippen LogP contribution in [0.1, 0.15) is 59.3 Å². The second-order valence-corrected chi connectivity index (χ2v) is 6.54. The molecule has 3 N–H and O–H groups in total. The van der Waals surface area contributed by atoms with Crippen LogP contribution in [-0.2, 0) is 4.74 Å². The van der Waals surface area contributed by atoms with Crippen molar-refractivity contribution in [1.29, 1.82) is 0 Å². The normalized spacial score (nSPS) is 20.8. The fraction of sp³-hybridized carbons (Fsp3) is 0.471. The van der Waals surface area contributed by atoms with Gasteiger partial charge in [-0.05, 0) is 37.7 Å². The van der Waals surface area contributed by atoms with Crippen LogP contribution in [0.15, 0.2) is 23.0 Å². The number of hydrogen-bond donors (Lipinski definition) is 3. The van der Waals surface area contributed by atoms with Crippen LogP contribution in [-0.4, -0.2) is 34.3 Å². The van der Waals surface area contributed by atoms with Crippen molar-refractivity contribution in [2.45, 2.75) is 37.5 Å². The van der Waals surface area contributed by atoms with E-state index >= 15 is 0 Å². The SMILES string of the molecule is O=C(Nc1cc(C2CCCOC2)[nH]n1)c1cc(C2CC2)[nH]c(=O)c1. The monoisotopic (exact) mass is 328 g/mol. The highest BCUT2D eigenvalue weighted by molar-refractivity contribution is 6.03. The minimum Gasteiger partial charge on any atom is -0.381 e. The van der Waals surface area contributed by atoms with E-state index in [0.717, 1.165) is 43.7 Å². The van der Waals surface area contributed by atoms with Crippen molar-refractivity contribution in [3.8, 4) is 0 Å². The molecule has 1 aliphatic carbocycles. The van der Waals surface area contributed by atoms with Crippen LogP contribution >= 0.6 is 0 Å².